The van der Waals surface area contributed by atoms with Gasteiger partial charge in [0.25, 0.3) is 5.91 Å². The number of aromatic nitrogens is 2. The number of hydrogen-bond donors (Lipinski definition) is 3. The van der Waals surface area contributed by atoms with Crippen LogP contribution >= 0.6 is 11.6 Å². The van der Waals surface area contributed by atoms with Crippen molar-refractivity contribution in [2.24, 2.45) is 0 Å². The molecule has 3 N–H and O–H groups in total. The summed E-state index contributed by atoms with van der Waals surface area (Å²) in [5.74, 6) is -1.48. The smallest absolute Gasteiger partial charge is 0.326 e. The topological polar surface area (TPSA) is 95.1 Å². The number of nitrogens with zero attached hydrogens (tertiary/aromatic N) is 1. The third-order valence-corrected chi connectivity index (χ3v) is 6.14. The Balaban J connectivity index is 1.51. The summed E-state index contributed by atoms with van der Waals surface area (Å²) in [6.07, 6.45) is 4.45. The number of aryl methyl sites for hydroxylation is 1. The van der Waals surface area contributed by atoms with Gasteiger partial charge in [0.2, 0.25) is 0 Å². The number of nitrogens with one attached hydrogen (secondary N) is 2. The van der Waals surface area contributed by atoms with Crippen molar-refractivity contribution in [1.29, 1.82) is 0 Å². The van der Waals surface area contributed by atoms with Crippen LogP contribution in [-0.2, 0) is 24.1 Å². The number of carbonyl (C=O) groups excluding carboxylic acids is 1. The number of rotatable bonds is 5. The maximum Gasteiger partial charge on any atom is 0.326 e. The highest BCUT2D eigenvalue weighted by Gasteiger charge is 2.28. The molecular weight excluding hydrogens is 414 g/mol. The quantitative estimate of drug-likeness (QED) is 0.437. The number of pyridine rings is 1. The number of carboxylic acids is 1. The van der Waals surface area contributed by atoms with Gasteiger partial charge in [-0.05, 0) is 54.7 Å². The minimum atomic E-state index is -1.08. The predicted octanol–water partition coefficient (Wildman–Crippen LogP) is 4.28. The van der Waals surface area contributed by atoms with E-state index in [4.69, 9.17) is 16.6 Å². The second-order valence-electron chi connectivity index (χ2n) is 7.85. The number of fused-ring (bicyclic) bond motifs is 3. The summed E-state index contributed by atoms with van der Waals surface area (Å²) in [6.45, 7) is 0. The summed E-state index contributed by atoms with van der Waals surface area (Å²) in [5, 5.41) is 14.7. The van der Waals surface area contributed by atoms with Crippen molar-refractivity contribution < 1.29 is 14.7 Å². The van der Waals surface area contributed by atoms with Gasteiger partial charge in [-0.3, -0.25) is 9.78 Å². The summed E-state index contributed by atoms with van der Waals surface area (Å²) in [6, 6.07) is 11.9. The van der Waals surface area contributed by atoms with Crippen LogP contribution in [0.3, 0.4) is 0 Å². The lowest BCUT2D eigenvalue weighted by molar-refractivity contribution is -0.139. The monoisotopic (exact) mass is 433 g/mol. The Labute approximate surface area is 183 Å². The third-order valence-electron chi connectivity index (χ3n) is 5.90. The molecule has 0 saturated carbocycles. The minimum absolute atomic E-state index is 0.178. The van der Waals surface area contributed by atoms with Gasteiger partial charge in [0.15, 0.2) is 0 Å². The van der Waals surface area contributed by atoms with Crippen LogP contribution in [0.1, 0.15) is 33.6 Å². The average molecular weight is 434 g/mol. The van der Waals surface area contributed by atoms with Crippen molar-refractivity contribution in [2.75, 3.05) is 0 Å². The van der Waals surface area contributed by atoms with E-state index in [-0.39, 0.29) is 6.42 Å². The summed E-state index contributed by atoms with van der Waals surface area (Å²) in [4.78, 5) is 33.2. The van der Waals surface area contributed by atoms with E-state index in [1.54, 1.807) is 24.4 Å². The Morgan fingerprint density at radius 2 is 2.00 bits per heavy atom. The van der Waals surface area contributed by atoms with E-state index in [0.717, 1.165) is 47.0 Å². The average Bonchev–Trinajstić information content (AvgIpc) is 3.38. The van der Waals surface area contributed by atoms with E-state index in [1.165, 1.54) is 0 Å². The minimum Gasteiger partial charge on any atom is -0.480 e. The first-order valence-electron chi connectivity index (χ1n) is 10.2. The van der Waals surface area contributed by atoms with Crippen molar-refractivity contribution in [3.63, 3.8) is 0 Å². The molecule has 1 aliphatic rings. The fourth-order valence-electron chi connectivity index (χ4n) is 4.44. The summed E-state index contributed by atoms with van der Waals surface area (Å²) < 4.78 is 0. The zero-order valence-electron chi connectivity index (χ0n) is 16.6. The van der Waals surface area contributed by atoms with Gasteiger partial charge < -0.3 is 15.4 Å². The number of halogens is 1. The SMILES string of the molecule is O=C(NC(Cc1c[nH]c2ccccc12)C(=O)O)c1c2c(nc3ccc(Cl)cc13)CCC2. The van der Waals surface area contributed by atoms with Crippen molar-refractivity contribution >= 4 is 45.3 Å². The first kappa shape index (κ1) is 19.6. The lowest BCUT2D eigenvalue weighted by Crippen LogP contribution is -2.42. The van der Waals surface area contributed by atoms with E-state index >= 15 is 0 Å². The van der Waals surface area contributed by atoms with Gasteiger partial charge in [-0.15, -0.1) is 0 Å². The summed E-state index contributed by atoms with van der Waals surface area (Å²) in [5.41, 5.74) is 4.76. The molecule has 1 unspecified atom stereocenters. The predicted molar refractivity (Wildman–Crippen MR) is 120 cm³/mol. The molecule has 4 aromatic rings. The van der Waals surface area contributed by atoms with Crippen molar-refractivity contribution in [3.05, 3.63) is 76.1 Å². The molecule has 6 nitrogen and oxygen atoms in total. The molecule has 5 rings (SSSR count). The number of amides is 1. The standard InChI is InChI=1S/C24H20ClN3O3/c25-14-8-9-20-17(11-14)22(16-5-3-7-19(16)27-20)23(29)28-21(24(30)31)10-13-12-26-18-6-2-1-4-15(13)18/h1-2,4,6,8-9,11-12,21,26H,3,5,7,10H2,(H,28,29)(H,30,31). The zero-order valence-corrected chi connectivity index (χ0v) is 17.4. The first-order chi connectivity index (χ1) is 15.0. The number of carbonyl (C=O) groups is 2. The van der Waals surface area contributed by atoms with Crippen LogP contribution in [0.2, 0.25) is 5.02 Å². The second kappa shape index (κ2) is 7.71. The Morgan fingerprint density at radius 1 is 1.16 bits per heavy atom. The second-order valence-corrected chi connectivity index (χ2v) is 8.29. The Bertz CT molecular complexity index is 1340. The van der Waals surface area contributed by atoms with Gasteiger partial charge in [0.1, 0.15) is 6.04 Å². The largest absolute Gasteiger partial charge is 0.480 e. The molecule has 1 aliphatic carbocycles. The number of benzene rings is 2. The molecule has 2 aromatic carbocycles. The normalized spacial score (nSPS) is 14.0. The third kappa shape index (κ3) is 3.53. The van der Waals surface area contributed by atoms with Gasteiger partial charge in [-0.1, -0.05) is 29.8 Å². The Kier molecular flexibility index (Phi) is 4.87. The molecule has 0 bridgehead atoms. The molecule has 7 heteroatoms. The van der Waals surface area contributed by atoms with Gasteiger partial charge in [-0.2, -0.15) is 0 Å². The van der Waals surface area contributed by atoms with E-state index in [9.17, 15) is 14.7 Å². The molecule has 0 spiro atoms. The van der Waals surface area contributed by atoms with Crippen LogP contribution in [0.4, 0.5) is 0 Å². The van der Waals surface area contributed by atoms with E-state index in [0.29, 0.717) is 21.5 Å². The van der Waals surface area contributed by atoms with Gasteiger partial charge in [-0.25, -0.2) is 4.79 Å². The van der Waals surface area contributed by atoms with Crippen LogP contribution in [0.15, 0.2) is 48.7 Å². The van der Waals surface area contributed by atoms with Gasteiger partial charge >= 0.3 is 5.97 Å². The maximum absolute atomic E-state index is 13.4. The summed E-state index contributed by atoms with van der Waals surface area (Å²) >= 11 is 6.20. The fraction of sp³-hybridized carbons (Fsp3) is 0.208. The van der Waals surface area contributed by atoms with Gasteiger partial charge in [0, 0.05) is 39.6 Å². The highest BCUT2D eigenvalue weighted by molar-refractivity contribution is 6.31. The number of aromatic amines is 1. The van der Waals surface area contributed by atoms with Crippen molar-refractivity contribution in [2.45, 2.75) is 31.7 Å². The van der Waals surface area contributed by atoms with E-state index in [2.05, 4.69) is 10.3 Å². The first-order valence-corrected chi connectivity index (χ1v) is 10.6. The Morgan fingerprint density at radius 3 is 2.84 bits per heavy atom. The molecular formula is C24H20ClN3O3. The molecule has 0 fully saturated rings. The molecule has 1 amide bonds. The molecule has 0 radical (unpaired) electrons. The van der Waals surface area contributed by atoms with Crippen LogP contribution in [-0.4, -0.2) is 33.0 Å². The molecule has 1 atom stereocenters. The highest BCUT2D eigenvalue weighted by atomic mass is 35.5. The number of para-hydroxylation sites is 1. The summed E-state index contributed by atoms with van der Waals surface area (Å²) in [7, 11) is 0. The van der Waals surface area contributed by atoms with Crippen molar-refractivity contribution in [3.8, 4) is 0 Å². The molecule has 156 valence electrons. The molecule has 2 heterocycles. The van der Waals surface area contributed by atoms with Crippen LogP contribution in [0.5, 0.6) is 0 Å². The number of H-pyrrole nitrogens is 1. The number of aliphatic carboxylic acids is 1. The van der Waals surface area contributed by atoms with Crippen LogP contribution < -0.4 is 5.32 Å². The lowest BCUT2D eigenvalue weighted by atomic mass is 9.99. The molecule has 2 aromatic heterocycles. The van der Waals surface area contributed by atoms with Gasteiger partial charge in [0.05, 0.1) is 11.1 Å². The van der Waals surface area contributed by atoms with Crippen LogP contribution in [0.25, 0.3) is 21.8 Å². The molecule has 0 aliphatic heterocycles. The van der Waals surface area contributed by atoms with E-state index < -0.39 is 17.9 Å². The Hall–Kier alpha value is -3.38. The van der Waals surface area contributed by atoms with Crippen LogP contribution in [0, 0.1) is 0 Å². The lowest BCUT2D eigenvalue weighted by Gasteiger charge is -2.17. The fourth-order valence-corrected chi connectivity index (χ4v) is 4.62. The molecule has 0 saturated heterocycles. The number of hydrogen-bond acceptors (Lipinski definition) is 3. The maximum atomic E-state index is 13.4. The van der Waals surface area contributed by atoms with E-state index in [1.807, 2.05) is 24.3 Å². The van der Waals surface area contributed by atoms with Crippen molar-refractivity contribution in [1.82, 2.24) is 15.3 Å². The zero-order chi connectivity index (χ0) is 21.5. The molecule has 31 heavy (non-hydrogen) atoms. The number of carboxylic acid groups (broad SMARTS) is 1. The highest BCUT2D eigenvalue weighted by Crippen LogP contribution is 2.31.